The number of aryl methyl sites for hydroxylation is 1. The van der Waals surface area contributed by atoms with Crippen molar-refractivity contribution in [3.63, 3.8) is 0 Å². The number of carbonyl (C=O) groups is 2. The quantitative estimate of drug-likeness (QED) is 0.763. The van der Waals surface area contributed by atoms with Crippen molar-refractivity contribution >= 4 is 11.8 Å². The van der Waals surface area contributed by atoms with Crippen molar-refractivity contribution in [1.82, 2.24) is 14.7 Å². The number of hydrogen-bond donors (Lipinski definition) is 0. The largest absolute Gasteiger partial charge is 0.459 e. The molecule has 0 unspecified atom stereocenters. The van der Waals surface area contributed by atoms with Crippen LogP contribution in [-0.4, -0.2) is 71.8 Å². The van der Waals surface area contributed by atoms with Crippen LogP contribution >= 0.6 is 0 Å². The Morgan fingerprint density at radius 3 is 2.30 bits per heavy atom. The van der Waals surface area contributed by atoms with Gasteiger partial charge in [0, 0.05) is 56.8 Å². The number of nitrogens with zero attached hydrogens (tertiary/aromatic N) is 3. The molecule has 2 saturated carbocycles. The lowest BCUT2D eigenvalue weighted by Crippen LogP contribution is -2.53. The summed E-state index contributed by atoms with van der Waals surface area (Å²) in [5.41, 5.74) is 1.04. The van der Waals surface area contributed by atoms with E-state index >= 15 is 0 Å². The lowest BCUT2D eigenvalue weighted by atomic mass is 9.90. The monoisotopic (exact) mass is 413 g/mol. The molecule has 2 amide bonds. The first-order chi connectivity index (χ1) is 14.6. The van der Waals surface area contributed by atoms with E-state index in [-0.39, 0.29) is 17.2 Å². The van der Waals surface area contributed by atoms with Crippen LogP contribution in [0.5, 0.6) is 0 Å². The fourth-order valence-corrected chi connectivity index (χ4v) is 6.11. The summed E-state index contributed by atoms with van der Waals surface area (Å²) in [6.45, 7) is 7.25. The lowest BCUT2D eigenvalue weighted by Gasteiger charge is -2.41. The van der Waals surface area contributed by atoms with Crippen molar-refractivity contribution in [2.75, 3.05) is 39.3 Å². The highest BCUT2D eigenvalue weighted by Crippen LogP contribution is 2.60. The number of rotatable bonds is 3. The molecule has 0 radical (unpaired) electrons. The van der Waals surface area contributed by atoms with Crippen LogP contribution < -0.4 is 0 Å². The molecule has 164 valence electrons. The van der Waals surface area contributed by atoms with Crippen LogP contribution in [0.1, 0.15) is 67.5 Å². The summed E-state index contributed by atoms with van der Waals surface area (Å²) in [5.74, 6) is 1.02. The summed E-state index contributed by atoms with van der Waals surface area (Å²) >= 11 is 0. The molecule has 3 heterocycles. The summed E-state index contributed by atoms with van der Waals surface area (Å²) in [7, 11) is 0. The van der Waals surface area contributed by atoms with E-state index in [4.69, 9.17) is 4.42 Å². The topological polar surface area (TPSA) is 57.0 Å². The van der Waals surface area contributed by atoms with Crippen LogP contribution in [0, 0.1) is 18.3 Å². The van der Waals surface area contributed by atoms with Gasteiger partial charge in [-0.1, -0.05) is 19.3 Å². The molecule has 1 atom stereocenters. The maximum absolute atomic E-state index is 13.2. The zero-order chi connectivity index (χ0) is 20.7. The van der Waals surface area contributed by atoms with Crippen LogP contribution in [0.15, 0.2) is 16.7 Å². The Hall–Kier alpha value is -1.82. The van der Waals surface area contributed by atoms with Gasteiger partial charge in [-0.2, -0.15) is 0 Å². The Kier molecular flexibility index (Phi) is 5.38. The molecule has 1 aromatic heterocycles. The fourth-order valence-electron chi connectivity index (χ4n) is 6.11. The lowest BCUT2D eigenvalue weighted by molar-refractivity contribution is -0.136. The van der Waals surface area contributed by atoms with Gasteiger partial charge in [0.1, 0.15) is 0 Å². The fraction of sp³-hybridized carbons (Fsp3) is 0.750. The zero-order valence-corrected chi connectivity index (χ0v) is 18.3. The normalized spacial score (nSPS) is 27.4. The van der Waals surface area contributed by atoms with Crippen molar-refractivity contribution in [2.45, 2.75) is 64.3 Å². The zero-order valence-electron chi connectivity index (χ0n) is 18.3. The minimum Gasteiger partial charge on any atom is -0.459 e. The third-order valence-corrected chi connectivity index (χ3v) is 8.31. The SMILES string of the molecule is Cc1ccoc1C(=O)N1CCC2(CC1)C[C@@H]2C(=O)N1CCN(C2CCCCC2)CC1. The molecule has 1 aromatic rings. The smallest absolute Gasteiger partial charge is 0.289 e. The van der Waals surface area contributed by atoms with E-state index in [1.807, 2.05) is 17.9 Å². The van der Waals surface area contributed by atoms with Crippen LogP contribution in [0.3, 0.4) is 0 Å². The summed E-state index contributed by atoms with van der Waals surface area (Å²) in [4.78, 5) is 32.5. The number of hydrogen-bond acceptors (Lipinski definition) is 4. The molecule has 2 saturated heterocycles. The maximum Gasteiger partial charge on any atom is 0.289 e. The number of piperazine rings is 1. The third kappa shape index (κ3) is 3.68. The maximum atomic E-state index is 13.2. The molecule has 2 aliphatic carbocycles. The molecular formula is C24H35N3O3. The first-order valence-electron chi connectivity index (χ1n) is 11.9. The summed E-state index contributed by atoms with van der Waals surface area (Å²) in [6, 6.07) is 2.59. The first-order valence-corrected chi connectivity index (χ1v) is 11.9. The van der Waals surface area contributed by atoms with E-state index in [0.29, 0.717) is 11.7 Å². The van der Waals surface area contributed by atoms with Crippen molar-refractivity contribution in [1.29, 1.82) is 0 Å². The average Bonchev–Trinajstić information content (AvgIpc) is 3.31. The summed E-state index contributed by atoms with van der Waals surface area (Å²) < 4.78 is 5.38. The van der Waals surface area contributed by atoms with Gasteiger partial charge in [0.25, 0.3) is 5.91 Å². The Balaban J connectivity index is 1.11. The molecule has 2 aliphatic heterocycles. The molecule has 1 spiro atoms. The van der Waals surface area contributed by atoms with Crippen LogP contribution in [0.2, 0.25) is 0 Å². The standard InChI is InChI=1S/C24H35N3O3/c1-18-7-16-30-21(18)23(29)26-10-8-24(9-11-26)17-20(24)22(28)27-14-12-25(13-15-27)19-5-3-2-4-6-19/h7,16,19-20H,2-6,8-15,17H2,1H3/t20-/m1/s1. The van der Waals surface area contributed by atoms with Gasteiger partial charge in [0.2, 0.25) is 5.91 Å². The second kappa shape index (κ2) is 8.03. The number of likely N-dealkylation sites (tertiary alicyclic amines) is 1. The molecule has 4 aliphatic rings. The molecule has 5 rings (SSSR count). The van der Waals surface area contributed by atoms with Gasteiger partial charge in [-0.15, -0.1) is 0 Å². The van der Waals surface area contributed by atoms with Crippen LogP contribution in [0.25, 0.3) is 0 Å². The van der Waals surface area contributed by atoms with Gasteiger partial charge < -0.3 is 14.2 Å². The molecule has 30 heavy (non-hydrogen) atoms. The Morgan fingerprint density at radius 1 is 0.967 bits per heavy atom. The van der Waals surface area contributed by atoms with E-state index in [1.54, 1.807) is 6.26 Å². The first kappa shape index (κ1) is 20.1. The predicted octanol–water partition coefficient (Wildman–Crippen LogP) is 3.31. The van der Waals surface area contributed by atoms with Crippen LogP contribution in [0.4, 0.5) is 0 Å². The molecule has 0 bridgehead atoms. The Bertz CT molecular complexity index is 781. The van der Waals surface area contributed by atoms with Crippen molar-refractivity contribution in [3.8, 4) is 0 Å². The van der Waals surface area contributed by atoms with Gasteiger partial charge in [-0.05, 0) is 50.5 Å². The second-order valence-corrected chi connectivity index (χ2v) is 10.00. The van der Waals surface area contributed by atoms with Crippen LogP contribution in [-0.2, 0) is 4.79 Å². The third-order valence-electron chi connectivity index (χ3n) is 8.31. The Labute approximate surface area is 179 Å². The van der Waals surface area contributed by atoms with E-state index in [2.05, 4.69) is 9.80 Å². The number of piperidine rings is 1. The Morgan fingerprint density at radius 2 is 1.67 bits per heavy atom. The molecule has 6 nitrogen and oxygen atoms in total. The van der Waals surface area contributed by atoms with Gasteiger partial charge in [-0.3, -0.25) is 14.5 Å². The number of carbonyl (C=O) groups excluding carboxylic acids is 2. The molecule has 6 heteroatoms. The van der Waals surface area contributed by atoms with Gasteiger partial charge in [-0.25, -0.2) is 0 Å². The van der Waals surface area contributed by atoms with Gasteiger partial charge >= 0.3 is 0 Å². The molecular weight excluding hydrogens is 378 g/mol. The van der Waals surface area contributed by atoms with Crippen molar-refractivity contribution in [3.05, 3.63) is 23.7 Å². The van der Waals surface area contributed by atoms with E-state index in [9.17, 15) is 9.59 Å². The van der Waals surface area contributed by atoms with Gasteiger partial charge in [0.15, 0.2) is 5.76 Å². The molecule has 4 fully saturated rings. The van der Waals surface area contributed by atoms with E-state index in [0.717, 1.165) is 70.1 Å². The average molecular weight is 414 g/mol. The minimum absolute atomic E-state index is 0.00490. The van der Waals surface area contributed by atoms with Crippen molar-refractivity contribution < 1.29 is 14.0 Å². The van der Waals surface area contributed by atoms with E-state index in [1.165, 1.54) is 32.1 Å². The second-order valence-electron chi connectivity index (χ2n) is 10.00. The van der Waals surface area contributed by atoms with E-state index < -0.39 is 0 Å². The predicted molar refractivity (Wildman–Crippen MR) is 114 cm³/mol. The summed E-state index contributed by atoms with van der Waals surface area (Å²) in [5, 5.41) is 0. The van der Waals surface area contributed by atoms with Crippen molar-refractivity contribution in [2.24, 2.45) is 11.3 Å². The summed E-state index contributed by atoms with van der Waals surface area (Å²) in [6.07, 6.45) is 11.3. The minimum atomic E-state index is -0.00490. The highest BCUT2D eigenvalue weighted by atomic mass is 16.3. The number of amides is 2. The van der Waals surface area contributed by atoms with Gasteiger partial charge in [0.05, 0.1) is 6.26 Å². The highest BCUT2D eigenvalue weighted by Gasteiger charge is 2.59. The molecule has 0 aromatic carbocycles. The number of furan rings is 1. The molecule has 0 N–H and O–H groups in total. The highest BCUT2D eigenvalue weighted by molar-refractivity contribution is 5.93.